The summed E-state index contributed by atoms with van der Waals surface area (Å²) in [5.74, 6) is 0.873. The summed E-state index contributed by atoms with van der Waals surface area (Å²) in [6.45, 7) is 0. The zero-order valence-electron chi connectivity index (χ0n) is 28.6. The normalized spacial score (nSPS) is 11.1. The number of furan rings is 1. The summed E-state index contributed by atoms with van der Waals surface area (Å²) in [6.07, 6.45) is 0. The van der Waals surface area contributed by atoms with Crippen molar-refractivity contribution in [1.29, 1.82) is 0 Å². The average Bonchev–Trinajstić information content (AvgIpc) is 3.67. The summed E-state index contributed by atoms with van der Waals surface area (Å²) >= 11 is 0. The minimum Gasteiger partial charge on any atom is -0.456 e. The Kier molecular flexibility index (Phi) is 8.24. The molecule has 52 heavy (non-hydrogen) atoms. The number of rotatable bonds is 8. The summed E-state index contributed by atoms with van der Waals surface area (Å²) in [7, 11) is 0. The molecule has 0 aliphatic heterocycles. The van der Waals surface area contributed by atoms with Crippen molar-refractivity contribution in [3.8, 4) is 55.8 Å². The second kappa shape index (κ2) is 13.8. The third-order valence-corrected chi connectivity index (χ3v) is 9.69. The van der Waals surface area contributed by atoms with Gasteiger partial charge in [0.25, 0.3) is 0 Å². The molecule has 2 nitrogen and oxygen atoms in total. The largest absolute Gasteiger partial charge is 0.456 e. The van der Waals surface area contributed by atoms with E-state index in [9.17, 15) is 0 Å². The molecular formula is C50H35NO. The van der Waals surface area contributed by atoms with Crippen LogP contribution in [0.5, 0.6) is 0 Å². The predicted octanol–water partition coefficient (Wildman–Crippen LogP) is 14.2. The molecule has 1 aromatic heterocycles. The van der Waals surface area contributed by atoms with Gasteiger partial charge in [0.2, 0.25) is 0 Å². The number of nitrogens with zero attached hydrogens (tertiary/aromatic N) is 1. The van der Waals surface area contributed by atoms with Crippen LogP contribution in [0.3, 0.4) is 0 Å². The van der Waals surface area contributed by atoms with Crippen molar-refractivity contribution in [3.05, 3.63) is 212 Å². The molecule has 1 heterocycles. The van der Waals surface area contributed by atoms with Gasteiger partial charge in [0.1, 0.15) is 11.3 Å². The Hall–Kier alpha value is -6.90. The molecule has 9 aromatic rings. The molecule has 0 fully saturated rings. The van der Waals surface area contributed by atoms with E-state index >= 15 is 0 Å². The van der Waals surface area contributed by atoms with Crippen molar-refractivity contribution in [3.63, 3.8) is 0 Å². The van der Waals surface area contributed by atoms with E-state index in [1.54, 1.807) is 0 Å². The molecule has 0 spiro atoms. The molecule has 0 N–H and O–H groups in total. The van der Waals surface area contributed by atoms with Gasteiger partial charge in [-0.15, -0.1) is 0 Å². The number of anilines is 3. The molecule has 246 valence electrons. The van der Waals surface area contributed by atoms with Crippen LogP contribution in [-0.4, -0.2) is 0 Å². The van der Waals surface area contributed by atoms with Crippen LogP contribution in [-0.2, 0) is 0 Å². The van der Waals surface area contributed by atoms with E-state index in [0.29, 0.717) is 0 Å². The standard InChI is InChI=1S/C50H35NO/c1-3-13-36(14-4-1)38-25-27-40(28-26-38)47-22-8-9-23-48(47)51(46-21-12-19-42(34-46)37-15-5-2-6-16-37)45-31-29-39(30-32-45)41-18-11-20-43(33-41)50-35-44-17-7-10-24-49(44)52-50/h1-35H. The third-order valence-electron chi connectivity index (χ3n) is 9.69. The molecule has 0 bridgehead atoms. The SMILES string of the molecule is c1ccc(-c2ccc(-c3ccccc3N(c3ccc(-c4cccc(-c5cc6ccccc6o5)c4)cc3)c3cccc(-c4ccccc4)c3)cc2)cc1. The quantitative estimate of drug-likeness (QED) is 0.161. The Morgan fingerprint density at radius 3 is 1.58 bits per heavy atom. The van der Waals surface area contributed by atoms with E-state index in [-0.39, 0.29) is 0 Å². The lowest BCUT2D eigenvalue weighted by atomic mass is 9.97. The van der Waals surface area contributed by atoms with Crippen LogP contribution in [0.15, 0.2) is 217 Å². The van der Waals surface area contributed by atoms with Crippen molar-refractivity contribution in [1.82, 2.24) is 0 Å². The Bertz CT molecular complexity index is 2570. The molecule has 0 saturated carbocycles. The molecule has 9 rings (SSSR count). The van der Waals surface area contributed by atoms with Crippen molar-refractivity contribution < 1.29 is 4.42 Å². The van der Waals surface area contributed by atoms with Crippen molar-refractivity contribution >= 4 is 28.0 Å². The average molecular weight is 666 g/mol. The smallest absolute Gasteiger partial charge is 0.135 e. The maximum absolute atomic E-state index is 6.21. The van der Waals surface area contributed by atoms with Crippen LogP contribution >= 0.6 is 0 Å². The molecule has 0 atom stereocenters. The molecule has 0 saturated heterocycles. The minimum absolute atomic E-state index is 0.873. The molecule has 2 heteroatoms. The van der Waals surface area contributed by atoms with Gasteiger partial charge in [-0.1, -0.05) is 164 Å². The van der Waals surface area contributed by atoms with Gasteiger partial charge < -0.3 is 9.32 Å². The van der Waals surface area contributed by atoms with Crippen LogP contribution in [0.25, 0.3) is 66.8 Å². The lowest BCUT2D eigenvalue weighted by Gasteiger charge is -2.28. The fourth-order valence-electron chi connectivity index (χ4n) is 7.05. The molecule has 0 aliphatic rings. The molecule has 0 aliphatic carbocycles. The number of fused-ring (bicyclic) bond motifs is 1. The van der Waals surface area contributed by atoms with Crippen LogP contribution in [0.1, 0.15) is 0 Å². The highest BCUT2D eigenvalue weighted by molar-refractivity contribution is 5.90. The Balaban J connectivity index is 1.12. The van der Waals surface area contributed by atoms with Crippen LogP contribution in [0.2, 0.25) is 0 Å². The highest BCUT2D eigenvalue weighted by atomic mass is 16.3. The predicted molar refractivity (Wildman–Crippen MR) is 218 cm³/mol. The zero-order chi connectivity index (χ0) is 34.7. The van der Waals surface area contributed by atoms with E-state index in [1.165, 1.54) is 27.8 Å². The van der Waals surface area contributed by atoms with Gasteiger partial charge in [-0.25, -0.2) is 0 Å². The number of hydrogen-bond donors (Lipinski definition) is 0. The van der Waals surface area contributed by atoms with Crippen LogP contribution in [0.4, 0.5) is 17.1 Å². The summed E-state index contributed by atoms with van der Waals surface area (Å²) in [5.41, 5.74) is 14.6. The fraction of sp³-hybridized carbons (Fsp3) is 0. The molecule has 8 aromatic carbocycles. The van der Waals surface area contributed by atoms with Gasteiger partial charge in [-0.2, -0.15) is 0 Å². The van der Waals surface area contributed by atoms with Crippen molar-refractivity contribution in [2.45, 2.75) is 0 Å². The first-order chi connectivity index (χ1) is 25.8. The summed E-state index contributed by atoms with van der Waals surface area (Å²) in [5, 5.41) is 1.11. The lowest BCUT2D eigenvalue weighted by molar-refractivity contribution is 0.631. The van der Waals surface area contributed by atoms with E-state index in [2.05, 4.69) is 199 Å². The topological polar surface area (TPSA) is 16.4 Å². The first-order valence-corrected chi connectivity index (χ1v) is 17.7. The summed E-state index contributed by atoms with van der Waals surface area (Å²) in [4.78, 5) is 2.38. The Labute approximate surface area is 304 Å². The molecular weight excluding hydrogens is 631 g/mol. The van der Waals surface area contributed by atoms with E-state index in [0.717, 1.165) is 56.0 Å². The zero-order valence-corrected chi connectivity index (χ0v) is 28.6. The molecule has 0 radical (unpaired) electrons. The van der Waals surface area contributed by atoms with Crippen molar-refractivity contribution in [2.24, 2.45) is 0 Å². The first-order valence-electron chi connectivity index (χ1n) is 17.7. The third kappa shape index (κ3) is 6.19. The van der Waals surface area contributed by atoms with Gasteiger partial charge in [0.15, 0.2) is 0 Å². The van der Waals surface area contributed by atoms with E-state index in [1.807, 2.05) is 18.2 Å². The van der Waals surface area contributed by atoms with E-state index < -0.39 is 0 Å². The van der Waals surface area contributed by atoms with Crippen LogP contribution in [0, 0.1) is 0 Å². The summed E-state index contributed by atoms with van der Waals surface area (Å²) in [6, 6.07) is 75.3. The lowest BCUT2D eigenvalue weighted by Crippen LogP contribution is -2.11. The van der Waals surface area contributed by atoms with Gasteiger partial charge >= 0.3 is 0 Å². The molecule has 0 unspecified atom stereocenters. The van der Waals surface area contributed by atoms with E-state index in [4.69, 9.17) is 4.42 Å². The number of hydrogen-bond acceptors (Lipinski definition) is 2. The Morgan fingerprint density at radius 2 is 0.827 bits per heavy atom. The highest BCUT2D eigenvalue weighted by Gasteiger charge is 2.18. The van der Waals surface area contributed by atoms with Crippen molar-refractivity contribution in [2.75, 3.05) is 4.90 Å². The maximum Gasteiger partial charge on any atom is 0.135 e. The monoisotopic (exact) mass is 665 g/mol. The van der Waals surface area contributed by atoms with Crippen LogP contribution < -0.4 is 4.90 Å². The maximum atomic E-state index is 6.21. The Morgan fingerprint density at radius 1 is 0.308 bits per heavy atom. The number of para-hydroxylation sites is 2. The first kappa shape index (κ1) is 31.1. The fourth-order valence-corrected chi connectivity index (χ4v) is 7.05. The molecule has 0 amide bonds. The highest BCUT2D eigenvalue weighted by Crippen LogP contribution is 2.43. The van der Waals surface area contributed by atoms with Gasteiger partial charge in [0, 0.05) is 27.9 Å². The second-order valence-electron chi connectivity index (χ2n) is 13.0. The second-order valence-corrected chi connectivity index (χ2v) is 13.0. The van der Waals surface area contributed by atoms with Gasteiger partial charge in [-0.05, 0) is 87.5 Å². The minimum atomic E-state index is 0.873. The number of benzene rings is 8. The van der Waals surface area contributed by atoms with Gasteiger partial charge in [-0.3, -0.25) is 0 Å². The van der Waals surface area contributed by atoms with Gasteiger partial charge in [0.05, 0.1) is 5.69 Å². The summed E-state index contributed by atoms with van der Waals surface area (Å²) < 4.78 is 6.21.